The van der Waals surface area contributed by atoms with Crippen LogP contribution in [0, 0.1) is 0 Å². The average molecular weight is 167 g/mol. The SMILES string of the molecule is O=S([O-])[O-].[Cu+].[Na+]. The molecule has 0 bridgehead atoms. The van der Waals surface area contributed by atoms with E-state index in [1.807, 2.05) is 0 Å². The Balaban J connectivity index is -0.0000000450. The third-order valence-electron chi connectivity index (χ3n) is 0. The first kappa shape index (κ1) is 15.6. The van der Waals surface area contributed by atoms with E-state index >= 15 is 0 Å². The third-order valence-corrected chi connectivity index (χ3v) is 0. The zero-order valence-electron chi connectivity index (χ0n) is 2.93. The predicted octanol–water partition coefficient (Wildman–Crippen LogP) is -4.00. The molecule has 0 fully saturated rings. The van der Waals surface area contributed by atoms with Crippen molar-refractivity contribution in [3.8, 4) is 0 Å². The summed E-state index contributed by atoms with van der Waals surface area (Å²) in [5.41, 5.74) is 0. The molecule has 0 aromatic heterocycles. The second kappa shape index (κ2) is 9.77. The minimum Gasteiger partial charge on any atom is -0.784 e. The maximum Gasteiger partial charge on any atom is 1.00 e. The minimum atomic E-state index is -3.11. The second-order valence-corrected chi connectivity index (χ2v) is 0.612. The number of rotatable bonds is 0. The molecule has 0 aliphatic heterocycles. The topological polar surface area (TPSA) is 63.2 Å². The fraction of sp³-hybridized carbons (Fsp3) is 0. The van der Waals surface area contributed by atoms with Gasteiger partial charge in [0.25, 0.3) is 0 Å². The molecule has 0 aliphatic carbocycles. The van der Waals surface area contributed by atoms with Gasteiger partial charge in [0.1, 0.15) is 0 Å². The van der Waals surface area contributed by atoms with Gasteiger partial charge in [-0.05, 0) is 0 Å². The molecule has 0 N–H and O–H groups in total. The Morgan fingerprint density at radius 3 is 1.33 bits per heavy atom. The molecule has 0 aliphatic rings. The molecule has 36 valence electrons. The van der Waals surface area contributed by atoms with Crippen LogP contribution in [0.4, 0.5) is 0 Å². The molecule has 0 saturated heterocycles. The molecule has 6 heteroatoms. The van der Waals surface area contributed by atoms with E-state index in [-0.39, 0.29) is 46.6 Å². The molecule has 0 unspecified atom stereocenters. The van der Waals surface area contributed by atoms with Gasteiger partial charge in [-0.15, -0.1) is 11.4 Å². The Morgan fingerprint density at radius 1 is 1.33 bits per heavy atom. The van der Waals surface area contributed by atoms with Crippen molar-refractivity contribution in [2.75, 3.05) is 0 Å². The van der Waals surface area contributed by atoms with Crippen LogP contribution in [-0.2, 0) is 28.4 Å². The average Bonchev–Trinajstić information content (AvgIpc) is 0.811. The standard InChI is InChI=1S/Cu.Na.H2O3S/c;;1-4(2)3/h;;(H2,1,2,3)/q2*+1;/p-2. The molecule has 0 heterocycles. The van der Waals surface area contributed by atoms with Crippen LogP contribution in [0.5, 0.6) is 0 Å². The molecular formula is CuNaO3S. The third kappa shape index (κ3) is 46.6. The Labute approximate surface area is 70.8 Å². The summed E-state index contributed by atoms with van der Waals surface area (Å²) in [6.45, 7) is 0. The van der Waals surface area contributed by atoms with Gasteiger partial charge in [0.05, 0.1) is 0 Å². The second-order valence-electron chi connectivity index (χ2n) is 0.204. The van der Waals surface area contributed by atoms with Gasteiger partial charge in [-0.1, -0.05) is 0 Å². The Bertz CT molecular complexity index is 33.8. The normalized spacial score (nSPS) is 5.83. The van der Waals surface area contributed by atoms with Crippen LogP contribution >= 0.6 is 0 Å². The van der Waals surface area contributed by atoms with Gasteiger partial charge in [-0.3, -0.25) is 4.21 Å². The van der Waals surface area contributed by atoms with Crippen LogP contribution in [0.2, 0.25) is 0 Å². The summed E-state index contributed by atoms with van der Waals surface area (Å²) in [7, 11) is 0. The van der Waals surface area contributed by atoms with E-state index in [0.29, 0.717) is 0 Å². The van der Waals surface area contributed by atoms with Gasteiger partial charge in [-0.25, -0.2) is 0 Å². The van der Waals surface area contributed by atoms with Gasteiger partial charge >= 0.3 is 46.6 Å². The van der Waals surface area contributed by atoms with Gasteiger partial charge in [-0.2, -0.15) is 0 Å². The van der Waals surface area contributed by atoms with Crippen molar-refractivity contribution in [3.05, 3.63) is 0 Å². The van der Waals surface area contributed by atoms with Crippen LogP contribution in [0.3, 0.4) is 0 Å². The van der Waals surface area contributed by atoms with Gasteiger partial charge in [0.2, 0.25) is 0 Å². The summed E-state index contributed by atoms with van der Waals surface area (Å²) in [5.74, 6) is 0. The summed E-state index contributed by atoms with van der Waals surface area (Å²) in [6, 6.07) is 0. The van der Waals surface area contributed by atoms with Gasteiger partial charge in [0, 0.05) is 0 Å². The molecule has 0 amide bonds. The molecule has 0 rings (SSSR count). The van der Waals surface area contributed by atoms with Crippen molar-refractivity contribution in [2.24, 2.45) is 0 Å². The fourth-order valence-corrected chi connectivity index (χ4v) is 0. The summed E-state index contributed by atoms with van der Waals surface area (Å²) in [5, 5.41) is 0. The van der Waals surface area contributed by atoms with Crippen molar-refractivity contribution in [1.29, 1.82) is 0 Å². The van der Waals surface area contributed by atoms with Crippen molar-refractivity contribution in [2.45, 2.75) is 0 Å². The van der Waals surface area contributed by atoms with Gasteiger partial charge in [0.15, 0.2) is 0 Å². The van der Waals surface area contributed by atoms with Crippen molar-refractivity contribution >= 4 is 11.4 Å². The minimum absolute atomic E-state index is 0. The van der Waals surface area contributed by atoms with E-state index in [0.717, 1.165) is 0 Å². The van der Waals surface area contributed by atoms with E-state index in [1.165, 1.54) is 0 Å². The zero-order valence-corrected chi connectivity index (χ0v) is 6.69. The van der Waals surface area contributed by atoms with Crippen LogP contribution in [0.1, 0.15) is 0 Å². The van der Waals surface area contributed by atoms with Crippen LogP contribution in [-0.4, -0.2) is 13.3 Å². The van der Waals surface area contributed by atoms with Crippen LogP contribution < -0.4 is 29.6 Å². The van der Waals surface area contributed by atoms with Crippen molar-refractivity contribution in [1.82, 2.24) is 0 Å². The molecule has 0 saturated carbocycles. The van der Waals surface area contributed by atoms with Gasteiger partial charge < -0.3 is 9.11 Å². The Hall–Kier alpha value is 1.59. The first-order valence-electron chi connectivity index (χ1n) is 0.500. The summed E-state index contributed by atoms with van der Waals surface area (Å²) < 4.78 is 25.3. The van der Waals surface area contributed by atoms with Crippen molar-refractivity contribution < 1.29 is 59.9 Å². The summed E-state index contributed by atoms with van der Waals surface area (Å²) >= 11 is -3.11. The quantitative estimate of drug-likeness (QED) is 0.272. The molecule has 3 nitrogen and oxygen atoms in total. The fourth-order valence-electron chi connectivity index (χ4n) is 0. The van der Waals surface area contributed by atoms with E-state index in [1.54, 1.807) is 0 Å². The zero-order chi connectivity index (χ0) is 3.58. The largest absolute Gasteiger partial charge is 1.00 e. The first-order chi connectivity index (χ1) is 1.73. The summed E-state index contributed by atoms with van der Waals surface area (Å²) in [4.78, 5) is 0. The van der Waals surface area contributed by atoms with Crippen LogP contribution in [0.15, 0.2) is 0 Å². The molecule has 0 aromatic carbocycles. The van der Waals surface area contributed by atoms with E-state index < -0.39 is 11.4 Å². The molecule has 0 radical (unpaired) electrons. The number of hydrogen-bond acceptors (Lipinski definition) is 3. The maximum absolute atomic E-state index is 8.44. The van der Waals surface area contributed by atoms with E-state index in [9.17, 15) is 0 Å². The Kier molecular flexibility index (Phi) is 25.5. The maximum atomic E-state index is 8.44. The van der Waals surface area contributed by atoms with Crippen LogP contribution in [0.25, 0.3) is 0 Å². The molecule has 0 spiro atoms. The van der Waals surface area contributed by atoms with Crippen molar-refractivity contribution in [3.63, 3.8) is 0 Å². The molecule has 6 heavy (non-hydrogen) atoms. The van der Waals surface area contributed by atoms with E-state index in [4.69, 9.17) is 13.3 Å². The number of hydrogen-bond donors (Lipinski definition) is 0. The molecular weight excluding hydrogens is 167 g/mol. The smallest absolute Gasteiger partial charge is 0.784 e. The first-order valence-corrected chi connectivity index (χ1v) is 1.50. The Morgan fingerprint density at radius 2 is 1.33 bits per heavy atom. The molecule has 0 atom stereocenters. The molecule has 0 aromatic rings. The van der Waals surface area contributed by atoms with E-state index in [2.05, 4.69) is 0 Å². The summed E-state index contributed by atoms with van der Waals surface area (Å²) in [6.07, 6.45) is 0. The predicted molar refractivity (Wildman–Crippen MR) is 9.70 cm³/mol. The monoisotopic (exact) mass is 166 g/mol.